The maximum atomic E-state index is 12.4. The highest BCUT2D eigenvalue weighted by Gasteiger charge is 2.29. The normalized spacial score (nSPS) is 13.2. The second kappa shape index (κ2) is 9.85. The summed E-state index contributed by atoms with van der Waals surface area (Å²) in [5.41, 5.74) is 3.21. The summed E-state index contributed by atoms with van der Waals surface area (Å²) in [6, 6.07) is 15.7. The number of likely N-dealkylation sites (N-methyl/N-ethyl adjacent to an activating group) is 1. The van der Waals surface area contributed by atoms with Crippen LogP contribution in [0.3, 0.4) is 0 Å². The van der Waals surface area contributed by atoms with Gasteiger partial charge in [-0.2, -0.15) is 0 Å². The molecule has 2 N–H and O–H groups in total. The van der Waals surface area contributed by atoms with E-state index in [1.54, 1.807) is 32.7 Å². The van der Waals surface area contributed by atoms with Crippen molar-refractivity contribution < 1.29 is 19.1 Å². The summed E-state index contributed by atoms with van der Waals surface area (Å²) >= 11 is 0. The van der Waals surface area contributed by atoms with Crippen molar-refractivity contribution in [3.8, 4) is 11.1 Å². The molecular weight excluding hydrogens is 406 g/mol. The molecule has 32 heavy (non-hydrogen) atoms. The van der Waals surface area contributed by atoms with Crippen LogP contribution < -0.4 is 10.6 Å². The van der Waals surface area contributed by atoms with Crippen molar-refractivity contribution in [2.24, 2.45) is 5.92 Å². The summed E-state index contributed by atoms with van der Waals surface area (Å²) in [7, 11) is 1.70. The first kappa shape index (κ1) is 23.3. The lowest BCUT2D eigenvalue weighted by atomic mass is 10.0. The van der Waals surface area contributed by atoms with Crippen LogP contribution in [0.25, 0.3) is 11.1 Å². The number of nitrogens with one attached hydrogen (secondary N) is 2. The molecule has 3 rings (SSSR count). The Morgan fingerprint density at radius 3 is 2.34 bits per heavy atom. The molecule has 0 atom stereocenters. The van der Waals surface area contributed by atoms with Gasteiger partial charge in [-0.1, -0.05) is 30.3 Å². The molecule has 0 spiro atoms. The van der Waals surface area contributed by atoms with Crippen LogP contribution in [0.5, 0.6) is 0 Å². The molecule has 0 heterocycles. The van der Waals surface area contributed by atoms with Gasteiger partial charge >= 0.3 is 6.09 Å². The lowest BCUT2D eigenvalue weighted by molar-refractivity contribution is -0.129. The zero-order chi connectivity index (χ0) is 23.3. The molecule has 3 amide bonds. The zero-order valence-corrected chi connectivity index (χ0v) is 19.1. The smallest absolute Gasteiger partial charge is 0.408 e. The van der Waals surface area contributed by atoms with Crippen molar-refractivity contribution in [1.82, 2.24) is 10.2 Å². The molecule has 2 aromatic rings. The van der Waals surface area contributed by atoms with E-state index in [0.29, 0.717) is 6.54 Å². The third kappa shape index (κ3) is 7.11. The van der Waals surface area contributed by atoms with Crippen molar-refractivity contribution in [1.29, 1.82) is 0 Å². The number of alkyl carbamates (subject to hydrolysis) is 1. The van der Waals surface area contributed by atoms with Gasteiger partial charge in [0, 0.05) is 25.2 Å². The number of amides is 3. The molecule has 2 aromatic carbocycles. The van der Waals surface area contributed by atoms with Gasteiger partial charge in [-0.15, -0.1) is 0 Å². The van der Waals surface area contributed by atoms with Gasteiger partial charge in [-0.3, -0.25) is 9.59 Å². The Morgan fingerprint density at radius 1 is 1.03 bits per heavy atom. The number of hydrogen-bond acceptors (Lipinski definition) is 4. The average molecular weight is 438 g/mol. The number of rotatable bonds is 7. The second-order valence-electron chi connectivity index (χ2n) is 9.15. The highest BCUT2D eigenvalue weighted by Crippen LogP contribution is 2.30. The van der Waals surface area contributed by atoms with Gasteiger partial charge in [0.15, 0.2) is 0 Å². The van der Waals surface area contributed by atoms with Crippen molar-refractivity contribution in [3.63, 3.8) is 0 Å². The molecule has 0 unspecified atom stereocenters. The summed E-state index contributed by atoms with van der Waals surface area (Å²) in [5, 5.41) is 5.43. The number of hydrogen-bond donors (Lipinski definition) is 2. The van der Waals surface area contributed by atoms with Crippen LogP contribution in [-0.2, 0) is 20.9 Å². The number of carbonyl (C=O) groups excluding carboxylic acids is 3. The predicted molar refractivity (Wildman–Crippen MR) is 124 cm³/mol. The van der Waals surface area contributed by atoms with E-state index in [4.69, 9.17) is 4.74 Å². The highest BCUT2D eigenvalue weighted by molar-refractivity contribution is 5.94. The zero-order valence-electron chi connectivity index (χ0n) is 19.1. The molecule has 1 aliphatic rings. The number of anilines is 1. The van der Waals surface area contributed by atoms with Gasteiger partial charge in [0.1, 0.15) is 12.1 Å². The molecule has 1 fully saturated rings. The fourth-order valence-electron chi connectivity index (χ4n) is 3.14. The molecule has 7 nitrogen and oxygen atoms in total. The molecule has 0 bridgehead atoms. The van der Waals surface area contributed by atoms with E-state index < -0.39 is 11.7 Å². The van der Waals surface area contributed by atoms with E-state index in [-0.39, 0.29) is 24.3 Å². The van der Waals surface area contributed by atoms with Crippen molar-refractivity contribution in [3.05, 3.63) is 54.1 Å². The molecule has 0 aliphatic heterocycles. The van der Waals surface area contributed by atoms with Gasteiger partial charge in [-0.25, -0.2) is 4.79 Å². The Bertz CT molecular complexity index is 975. The van der Waals surface area contributed by atoms with Crippen LogP contribution in [0.4, 0.5) is 10.5 Å². The van der Waals surface area contributed by atoms with Crippen LogP contribution in [-0.4, -0.2) is 42.0 Å². The number of carbonyl (C=O) groups is 3. The maximum Gasteiger partial charge on any atom is 0.408 e. The minimum atomic E-state index is -0.613. The van der Waals surface area contributed by atoms with Crippen molar-refractivity contribution in [2.75, 3.05) is 18.9 Å². The summed E-state index contributed by atoms with van der Waals surface area (Å²) in [5.74, 6) is 0.0519. The lowest BCUT2D eigenvalue weighted by Gasteiger charge is -2.21. The van der Waals surface area contributed by atoms with E-state index in [1.807, 2.05) is 48.5 Å². The second-order valence-corrected chi connectivity index (χ2v) is 9.15. The van der Waals surface area contributed by atoms with Crippen molar-refractivity contribution >= 4 is 23.6 Å². The molecule has 170 valence electrons. The molecule has 1 saturated carbocycles. The Hall–Kier alpha value is -3.35. The van der Waals surface area contributed by atoms with Crippen LogP contribution >= 0.6 is 0 Å². The highest BCUT2D eigenvalue weighted by atomic mass is 16.6. The maximum absolute atomic E-state index is 12.4. The minimum Gasteiger partial charge on any atom is -0.444 e. The van der Waals surface area contributed by atoms with Gasteiger partial charge in [0.25, 0.3) is 0 Å². The van der Waals surface area contributed by atoms with Crippen molar-refractivity contribution in [2.45, 2.75) is 45.8 Å². The first-order valence-electron chi connectivity index (χ1n) is 10.8. The number of nitrogens with zero attached hydrogens (tertiary/aromatic N) is 1. The van der Waals surface area contributed by atoms with Gasteiger partial charge < -0.3 is 20.3 Å². The lowest BCUT2D eigenvalue weighted by Crippen LogP contribution is -2.40. The topological polar surface area (TPSA) is 87.7 Å². The Labute approximate surface area is 189 Å². The van der Waals surface area contributed by atoms with E-state index in [0.717, 1.165) is 35.2 Å². The summed E-state index contributed by atoms with van der Waals surface area (Å²) in [6.07, 6.45) is 1.34. The fourth-order valence-corrected chi connectivity index (χ4v) is 3.14. The average Bonchev–Trinajstić information content (AvgIpc) is 3.57. The van der Waals surface area contributed by atoms with Crippen LogP contribution in [0, 0.1) is 5.92 Å². The number of ether oxygens (including phenoxy) is 1. The first-order chi connectivity index (χ1) is 15.1. The quantitative estimate of drug-likeness (QED) is 0.680. The van der Waals surface area contributed by atoms with Gasteiger partial charge in [0.05, 0.1) is 0 Å². The molecular formula is C25H31N3O4. The molecule has 0 radical (unpaired) electrons. The monoisotopic (exact) mass is 437 g/mol. The summed E-state index contributed by atoms with van der Waals surface area (Å²) in [6.45, 7) is 5.60. The molecule has 0 aromatic heterocycles. The molecule has 0 saturated heterocycles. The van der Waals surface area contributed by atoms with E-state index in [2.05, 4.69) is 10.6 Å². The SMILES string of the molecule is CN(Cc1cccc(-c2ccc(NC(=O)C3CC3)cc2)c1)C(=O)CNC(=O)OC(C)(C)C. The van der Waals surface area contributed by atoms with Crippen LogP contribution in [0.2, 0.25) is 0 Å². The standard InChI is InChI=1S/C25H31N3O4/c1-25(2,3)32-24(31)26-15-22(29)28(4)16-17-6-5-7-20(14-17)18-10-12-21(13-11-18)27-23(30)19-8-9-19/h5-7,10-14,19H,8-9,15-16H2,1-4H3,(H,26,31)(H,27,30). The predicted octanol–water partition coefficient (Wildman–Crippen LogP) is 4.19. The van der Waals surface area contributed by atoms with Gasteiger partial charge in [-0.05, 0) is 68.5 Å². The Kier molecular flexibility index (Phi) is 7.18. The first-order valence-corrected chi connectivity index (χ1v) is 10.8. The van der Waals surface area contributed by atoms with Gasteiger partial charge in [0.2, 0.25) is 11.8 Å². The summed E-state index contributed by atoms with van der Waals surface area (Å²) < 4.78 is 5.15. The van der Waals surface area contributed by atoms with E-state index in [1.165, 1.54) is 0 Å². The largest absolute Gasteiger partial charge is 0.444 e. The minimum absolute atomic E-state index is 0.0913. The Morgan fingerprint density at radius 2 is 1.72 bits per heavy atom. The third-order valence-corrected chi connectivity index (χ3v) is 4.99. The fraction of sp³-hybridized carbons (Fsp3) is 0.400. The molecule has 1 aliphatic carbocycles. The van der Waals surface area contributed by atoms with E-state index >= 15 is 0 Å². The molecule has 7 heteroatoms. The third-order valence-electron chi connectivity index (χ3n) is 4.99. The number of benzene rings is 2. The Balaban J connectivity index is 1.55. The summed E-state index contributed by atoms with van der Waals surface area (Å²) in [4.78, 5) is 37.6. The van der Waals surface area contributed by atoms with E-state index in [9.17, 15) is 14.4 Å². The van der Waals surface area contributed by atoms with Crippen LogP contribution in [0.15, 0.2) is 48.5 Å². The van der Waals surface area contributed by atoms with Crippen LogP contribution in [0.1, 0.15) is 39.2 Å².